The van der Waals surface area contributed by atoms with Crippen molar-refractivity contribution in [3.63, 3.8) is 0 Å². The summed E-state index contributed by atoms with van der Waals surface area (Å²) in [4.78, 5) is 18.9. The molecule has 1 aliphatic rings. The van der Waals surface area contributed by atoms with Crippen LogP contribution in [0.3, 0.4) is 0 Å². The van der Waals surface area contributed by atoms with Gasteiger partial charge in [-0.3, -0.25) is 4.79 Å². The maximum absolute atomic E-state index is 12.5. The molecule has 1 aromatic heterocycles. The molecule has 0 saturated carbocycles. The predicted molar refractivity (Wildman–Crippen MR) is 86.5 cm³/mol. The first kappa shape index (κ1) is 15.8. The fourth-order valence-electron chi connectivity index (χ4n) is 2.86. The second-order valence-corrected chi connectivity index (χ2v) is 6.58. The van der Waals surface area contributed by atoms with Gasteiger partial charge >= 0.3 is 0 Å². The number of hydrogen-bond acceptors (Lipinski definition) is 3. The number of pyridine rings is 1. The summed E-state index contributed by atoms with van der Waals surface area (Å²) < 4.78 is 0. The quantitative estimate of drug-likeness (QED) is 0.924. The Hall–Kier alpha value is -1.58. The Kier molecular flexibility index (Phi) is 5.21. The monoisotopic (exact) mass is 289 g/mol. The molecule has 21 heavy (non-hydrogen) atoms. The van der Waals surface area contributed by atoms with Crippen molar-refractivity contribution in [1.29, 1.82) is 0 Å². The number of anilines is 1. The van der Waals surface area contributed by atoms with Gasteiger partial charge in [-0.1, -0.05) is 19.9 Å². The minimum atomic E-state index is 0.0598. The third-order valence-electron chi connectivity index (χ3n) is 4.17. The van der Waals surface area contributed by atoms with Gasteiger partial charge in [0.1, 0.15) is 11.5 Å². The van der Waals surface area contributed by atoms with Crippen LogP contribution in [0.1, 0.15) is 51.0 Å². The zero-order chi connectivity index (χ0) is 15.4. The SMILES string of the molecule is CC(C)Nc1cccc(C(=O)N2CCC(C(C)C)CC2)n1. The molecule has 0 unspecified atom stereocenters. The molecular formula is C17H27N3O. The molecule has 0 atom stereocenters. The summed E-state index contributed by atoms with van der Waals surface area (Å²) >= 11 is 0. The average Bonchev–Trinajstić information content (AvgIpc) is 2.46. The highest BCUT2D eigenvalue weighted by Gasteiger charge is 2.25. The van der Waals surface area contributed by atoms with Crippen LogP contribution in [0.15, 0.2) is 18.2 Å². The number of carbonyl (C=O) groups is 1. The number of carbonyl (C=O) groups excluding carboxylic acids is 1. The molecule has 2 heterocycles. The maximum atomic E-state index is 12.5. The Morgan fingerprint density at radius 1 is 1.24 bits per heavy atom. The highest BCUT2D eigenvalue weighted by Crippen LogP contribution is 2.25. The van der Waals surface area contributed by atoms with Crippen molar-refractivity contribution in [3.05, 3.63) is 23.9 Å². The molecule has 0 aromatic carbocycles. The summed E-state index contributed by atoms with van der Waals surface area (Å²) in [5, 5.41) is 3.24. The van der Waals surface area contributed by atoms with Crippen molar-refractivity contribution in [2.24, 2.45) is 11.8 Å². The van der Waals surface area contributed by atoms with Crippen molar-refractivity contribution >= 4 is 11.7 Å². The minimum absolute atomic E-state index is 0.0598. The zero-order valence-electron chi connectivity index (χ0n) is 13.6. The first-order valence-corrected chi connectivity index (χ1v) is 8.00. The minimum Gasteiger partial charge on any atom is -0.368 e. The molecule has 1 aromatic rings. The third-order valence-corrected chi connectivity index (χ3v) is 4.17. The number of rotatable bonds is 4. The molecule has 0 bridgehead atoms. The van der Waals surface area contributed by atoms with Crippen molar-refractivity contribution in [2.75, 3.05) is 18.4 Å². The predicted octanol–water partition coefficient (Wildman–Crippen LogP) is 3.41. The van der Waals surface area contributed by atoms with E-state index >= 15 is 0 Å². The molecule has 116 valence electrons. The van der Waals surface area contributed by atoms with E-state index in [0.29, 0.717) is 17.7 Å². The van der Waals surface area contributed by atoms with E-state index in [4.69, 9.17) is 0 Å². The second-order valence-electron chi connectivity index (χ2n) is 6.58. The summed E-state index contributed by atoms with van der Waals surface area (Å²) in [6.07, 6.45) is 2.21. The number of aromatic nitrogens is 1. The summed E-state index contributed by atoms with van der Waals surface area (Å²) in [5.74, 6) is 2.28. The molecule has 4 nitrogen and oxygen atoms in total. The first-order chi connectivity index (χ1) is 9.97. The van der Waals surface area contributed by atoms with Gasteiger partial charge in [-0.15, -0.1) is 0 Å². The summed E-state index contributed by atoms with van der Waals surface area (Å²) in [5.41, 5.74) is 0.545. The van der Waals surface area contributed by atoms with Crippen LogP contribution in [0, 0.1) is 11.8 Å². The number of likely N-dealkylation sites (tertiary alicyclic amines) is 1. The lowest BCUT2D eigenvalue weighted by Gasteiger charge is -2.33. The van der Waals surface area contributed by atoms with Gasteiger partial charge in [0.2, 0.25) is 0 Å². The summed E-state index contributed by atoms with van der Waals surface area (Å²) in [7, 11) is 0. The molecule has 1 saturated heterocycles. The van der Waals surface area contributed by atoms with Crippen molar-refractivity contribution < 1.29 is 4.79 Å². The fourth-order valence-corrected chi connectivity index (χ4v) is 2.86. The van der Waals surface area contributed by atoms with E-state index in [1.54, 1.807) is 0 Å². The molecule has 1 aliphatic heterocycles. The van der Waals surface area contributed by atoms with Crippen LogP contribution in [0.5, 0.6) is 0 Å². The van der Waals surface area contributed by atoms with Gasteiger partial charge in [0, 0.05) is 19.1 Å². The highest BCUT2D eigenvalue weighted by molar-refractivity contribution is 5.92. The zero-order valence-corrected chi connectivity index (χ0v) is 13.6. The number of nitrogens with zero attached hydrogens (tertiary/aromatic N) is 2. The lowest BCUT2D eigenvalue weighted by atomic mass is 9.86. The van der Waals surface area contributed by atoms with E-state index in [-0.39, 0.29) is 5.91 Å². The number of hydrogen-bond donors (Lipinski definition) is 1. The molecule has 0 radical (unpaired) electrons. The molecule has 0 spiro atoms. The second kappa shape index (κ2) is 6.92. The molecule has 1 N–H and O–H groups in total. The Balaban J connectivity index is 2.00. The Bertz CT molecular complexity index is 477. The van der Waals surface area contributed by atoms with Crippen LogP contribution in [0.4, 0.5) is 5.82 Å². The number of piperidine rings is 1. The lowest BCUT2D eigenvalue weighted by molar-refractivity contribution is 0.0662. The van der Waals surface area contributed by atoms with Crippen LogP contribution in [0.2, 0.25) is 0 Å². The van der Waals surface area contributed by atoms with Gasteiger partial charge in [-0.2, -0.15) is 0 Å². The highest BCUT2D eigenvalue weighted by atomic mass is 16.2. The van der Waals surface area contributed by atoms with Crippen LogP contribution < -0.4 is 5.32 Å². The molecule has 4 heteroatoms. The van der Waals surface area contributed by atoms with Crippen molar-refractivity contribution in [3.8, 4) is 0 Å². The lowest BCUT2D eigenvalue weighted by Crippen LogP contribution is -2.39. The average molecular weight is 289 g/mol. The smallest absolute Gasteiger partial charge is 0.272 e. The van der Waals surface area contributed by atoms with E-state index in [1.165, 1.54) is 0 Å². The molecule has 1 amide bonds. The van der Waals surface area contributed by atoms with Gasteiger partial charge in [0.05, 0.1) is 0 Å². The van der Waals surface area contributed by atoms with E-state index in [0.717, 1.165) is 37.7 Å². The van der Waals surface area contributed by atoms with E-state index in [9.17, 15) is 4.79 Å². The fraction of sp³-hybridized carbons (Fsp3) is 0.647. The van der Waals surface area contributed by atoms with Crippen LogP contribution in [-0.2, 0) is 0 Å². The van der Waals surface area contributed by atoms with E-state index in [2.05, 4.69) is 38.0 Å². The summed E-state index contributed by atoms with van der Waals surface area (Å²) in [6, 6.07) is 5.92. The molecular weight excluding hydrogens is 262 g/mol. The van der Waals surface area contributed by atoms with E-state index < -0.39 is 0 Å². The number of nitrogens with one attached hydrogen (secondary N) is 1. The standard InChI is InChI=1S/C17H27N3O/c1-12(2)14-8-10-20(11-9-14)17(21)15-6-5-7-16(19-15)18-13(3)4/h5-7,12-14H,8-11H2,1-4H3,(H,18,19). The van der Waals surface area contributed by atoms with Crippen LogP contribution >= 0.6 is 0 Å². The van der Waals surface area contributed by atoms with Gasteiger partial charge in [0.25, 0.3) is 5.91 Å². The van der Waals surface area contributed by atoms with E-state index in [1.807, 2.05) is 23.1 Å². The third kappa shape index (κ3) is 4.19. The first-order valence-electron chi connectivity index (χ1n) is 8.00. The normalized spacial score (nSPS) is 16.6. The van der Waals surface area contributed by atoms with Crippen LogP contribution in [-0.4, -0.2) is 34.9 Å². The Morgan fingerprint density at radius 3 is 2.48 bits per heavy atom. The Morgan fingerprint density at radius 2 is 1.90 bits per heavy atom. The molecule has 2 rings (SSSR count). The van der Waals surface area contributed by atoms with Gasteiger partial charge in [-0.25, -0.2) is 4.98 Å². The van der Waals surface area contributed by atoms with Crippen LogP contribution in [0.25, 0.3) is 0 Å². The topological polar surface area (TPSA) is 45.2 Å². The molecule has 1 fully saturated rings. The van der Waals surface area contributed by atoms with Gasteiger partial charge < -0.3 is 10.2 Å². The maximum Gasteiger partial charge on any atom is 0.272 e. The Labute approximate surface area is 127 Å². The van der Waals surface area contributed by atoms with Crippen molar-refractivity contribution in [1.82, 2.24) is 9.88 Å². The molecule has 0 aliphatic carbocycles. The number of amides is 1. The van der Waals surface area contributed by atoms with Crippen molar-refractivity contribution in [2.45, 2.75) is 46.6 Å². The summed E-state index contributed by atoms with van der Waals surface area (Å²) in [6.45, 7) is 10.4. The van der Waals surface area contributed by atoms with Gasteiger partial charge in [0.15, 0.2) is 0 Å². The largest absolute Gasteiger partial charge is 0.368 e. The van der Waals surface area contributed by atoms with Gasteiger partial charge in [-0.05, 0) is 50.7 Å².